The number of aliphatic hydroxyl groups excluding tert-OH is 3. The lowest BCUT2D eigenvalue weighted by Crippen LogP contribution is -2.33. The highest BCUT2D eigenvalue weighted by atomic mass is 16.6. The van der Waals surface area contributed by atoms with E-state index in [1.807, 2.05) is 30.3 Å². The predicted molar refractivity (Wildman–Crippen MR) is 97.4 cm³/mol. The molecule has 0 amide bonds. The number of aromatic nitrogens is 3. The smallest absolute Gasteiger partial charge is 0.164 e. The minimum Gasteiger partial charge on any atom is -0.394 e. The van der Waals surface area contributed by atoms with Crippen molar-refractivity contribution in [3.63, 3.8) is 0 Å². The number of ether oxygens (including phenoxy) is 1. The third kappa shape index (κ3) is 3.03. The Morgan fingerprint density at radius 1 is 1.11 bits per heavy atom. The van der Waals surface area contributed by atoms with Crippen LogP contribution < -0.4 is 5.73 Å². The highest BCUT2D eigenvalue weighted by Crippen LogP contribution is 2.34. The Morgan fingerprint density at radius 3 is 2.59 bits per heavy atom. The Balaban J connectivity index is 1.82. The molecule has 2 aromatic heterocycles. The molecule has 0 spiro atoms. The molecule has 1 aromatic carbocycles. The highest BCUT2D eigenvalue weighted by Gasteiger charge is 2.44. The van der Waals surface area contributed by atoms with Gasteiger partial charge in [0, 0.05) is 11.8 Å². The van der Waals surface area contributed by atoms with Gasteiger partial charge in [-0.15, -0.1) is 0 Å². The van der Waals surface area contributed by atoms with Crippen LogP contribution >= 0.6 is 0 Å². The van der Waals surface area contributed by atoms with Gasteiger partial charge in [0.1, 0.15) is 36.1 Å². The summed E-state index contributed by atoms with van der Waals surface area (Å²) in [6, 6.07) is 9.47. The van der Waals surface area contributed by atoms with Gasteiger partial charge in [0.2, 0.25) is 0 Å². The Kier molecular flexibility index (Phi) is 4.51. The van der Waals surface area contributed by atoms with Crippen molar-refractivity contribution >= 4 is 16.9 Å². The maximum absolute atomic E-state index is 10.3. The van der Waals surface area contributed by atoms with E-state index < -0.39 is 31.1 Å². The average molecular weight is 366 g/mol. The number of fused-ring (bicyclic) bond motifs is 1. The molecular formula is C19H18N4O4. The third-order valence-electron chi connectivity index (χ3n) is 4.55. The van der Waals surface area contributed by atoms with Crippen LogP contribution in [-0.2, 0) is 4.74 Å². The van der Waals surface area contributed by atoms with Gasteiger partial charge >= 0.3 is 0 Å². The van der Waals surface area contributed by atoms with Gasteiger partial charge < -0.3 is 30.4 Å². The van der Waals surface area contributed by atoms with Gasteiger partial charge in [-0.1, -0.05) is 30.0 Å². The molecule has 1 fully saturated rings. The zero-order valence-corrected chi connectivity index (χ0v) is 14.2. The Labute approximate surface area is 154 Å². The first-order valence-corrected chi connectivity index (χ1v) is 8.40. The molecule has 8 nitrogen and oxygen atoms in total. The number of anilines is 1. The molecular weight excluding hydrogens is 348 g/mol. The summed E-state index contributed by atoms with van der Waals surface area (Å²) in [4.78, 5) is 8.26. The molecule has 0 unspecified atom stereocenters. The minimum absolute atomic E-state index is 0.253. The van der Waals surface area contributed by atoms with Crippen molar-refractivity contribution in [1.82, 2.24) is 14.5 Å². The number of nitrogens with two attached hydrogens (primary N) is 1. The molecule has 0 bridgehead atoms. The lowest BCUT2D eigenvalue weighted by atomic mass is 10.1. The second kappa shape index (κ2) is 6.98. The van der Waals surface area contributed by atoms with Crippen molar-refractivity contribution in [1.29, 1.82) is 0 Å². The van der Waals surface area contributed by atoms with Gasteiger partial charge in [0.15, 0.2) is 6.23 Å². The standard InChI is InChI=1S/C19H18N4O4/c20-17-14-12(7-6-11-4-2-1-3-5-11)8-23(18(14)22-10-21-17)19-16(26)15(25)13(9-24)27-19/h1-5,8,10,13,15-16,19,24-26H,9H2,(H2,20,21,22)/t13-,15-,16-,19-/m1/s1. The van der Waals surface area contributed by atoms with Crippen LogP contribution in [0, 0.1) is 11.8 Å². The number of nitrogen functional groups attached to an aromatic ring is 1. The van der Waals surface area contributed by atoms with Crippen LogP contribution in [0.25, 0.3) is 11.0 Å². The molecule has 1 saturated heterocycles. The molecule has 27 heavy (non-hydrogen) atoms. The van der Waals surface area contributed by atoms with E-state index >= 15 is 0 Å². The first kappa shape index (κ1) is 17.5. The first-order chi connectivity index (χ1) is 13.1. The minimum atomic E-state index is -1.23. The second-order valence-electron chi connectivity index (χ2n) is 6.25. The maximum Gasteiger partial charge on any atom is 0.164 e. The first-order valence-electron chi connectivity index (χ1n) is 8.40. The summed E-state index contributed by atoms with van der Waals surface area (Å²) in [5.74, 6) is 6.37. The van der Waals surface area contributed by atoms with Gasteiger partial charge in [0.05, 0.1) is 17.6 Å². The van der Waals surface area contributed by atoms with Crippen LogP contribution in [0.3, 0.4) is 0 Å². The third-order valence-corrected chi connectivity index (χ3v) is 4.55. The van der Waals surface area contributed by atoms with Crippen molar-refractivity contribution in [2.45, 2.75) is 24.5 Å². The van der Waals surface area contributed by atoms with Crippen molar-refractivity contribution in [3.05, 3.63) is 54.0 Å². The van der Waals surface area contributed by atoms with Crippen molar-refractivity contribution in [2.24, 2.45) is 0 Å². The fourth-order valence-corrected chi connectivity index (χ4v) is 3.17. The highest BCUT2D eigenvalue weighted by molar-refractivity contribution is 5.92. The zero-order valence-electron chi connectivity index (χ0n) is 14.2. The molecule has 3 aromatic rings. The van der Waals surface area contributed by atoms with Crippen molar-refractivity contribution in [3.8, 4) is 11.8 Å². The van der Waals surface area contributed by atoms with E-state index in [1.54, 1.807) is 10.8 Å². The van der Waals surface area contributed by atoms with E-state index in [9.17, 15) is 15.3 Å². The number of benzene rings is 1. The Bertz CT molecular complexity index is 1020. The fraction of sp³-hybridized carbons (Fsp3) is 0.263. The molecule has 0 aliphatic carbocycles. The molecule has 1 aliphatic heterocycles. The Hall–Kier alpha value is -2.96. The molecule has 1 aliphatic rings. The van der Waals surface area contributed by atoms with E-state index in [1.165, 1.54) is 6.33 Å². The van der Waals surface area contributed by atoms with Crippen LogP contribution in [0.5, 0.6) is 0 Å². The topological polar surface area (TPSA) is 127 Å². The molecule has 4 rings (SSSR count). The summed E-state index contributed by atoms with van der Waals surface area (Å²) in [6.45, 7) is -0.411. The molecule has 0 radical (unpaired) electrons. The second-order valence-corrected chi connectivity index (χ2v) is 6.25. The van der Waals surface area contributed by atoms with Crippen LogP contribution in [0.15, 0.2) is 42.9 Å². The molecule has 0 saturated carbocycles. The van der Waals surface area contributed by atoms with Gasteiger partial charge in [-0.3, -0.25) is 0 Å². The summed E-state index contributed by atoms with van der Waals surface area (Å²) in [5.41, 5.74) is 7.86. The normalized spacial score (nSPS) is 24.7. The SMILES string of the molecule is Nc1ncnc2c1c(C#Cc1ccccc1)cn2[C@@H]1O[C@H](CO)[C@@H](O)[C@H]1O. The largest absolute Gasteiger partial charge is 0.394 e. The Morgan fingerprint density at radius 2 is 1.89 bits per heavy atom. The van der Waals surface area contributed by atoms with Gasteiger partial charge in [-0.25, -0.2) is 9.97 Å². The monoisotopic (exact) mass is 366 g/mol. The van der Waals surface area contributed by atoms with Gasteiger partial charge in [-0.2, -0.15) is 0 Å². The predicted octanol–water partition coefficient (Wildman–Crippen LogP) is 0.0248. The molecule has 5 N–H and O–H groups in total. The number of nitrogens with zero attached hydrogens (tertiary/aromatic N) is 3. The van der Waals surface area contributed by atoms with Crippen LogP contribution in [0.4, 0.5) is 5.82 Å². The molecule has 4 atom stereocenters. The van der Waals surface area contributed by atoms with Crippen molar-refractivity contribution < 1.29 is 20.1 Å². The maximum atomic E-state index is 10.3. The number of aliphatic hydroxyl groups is 3. The number of rotatable bonds is 2. The summed E-state index contributed by atoms with van der Waals surface area (Å²) < 4.78 is 7.17. The molecule has 8 heteroatoms. The lowest BCUT2D eigenvalue weighted by Gasteiger charge is -2.17. The zero-order chi connectivity index (χ0) is 19.0. The van der Waals surface area contributed by atoms with Gasteiger partial charge in [0.25, 0.3) is 0 Å². The van der Waals surface area contributed by atoms with Crippen LogP contribution in [-0.4, -0.2) is 54.8 Å². The quantitative estimate of drug-likeness (QED) is 0.471. The number of hydrogen-bond acceptors (Lipinski definition) is 7. The average Bonchev–Trinajstić information content (AvgIpc) is 3.20. The van der Waals surface area contributed by atoms with Gasteiger partial charge in [-0.05, 0) is 12.1 Å². The molecule has 3 heterocycles. The van der Waals surface area contributed by atoms with E-state index in [0.717, 1.165) is 5.56 Å². The van der Waals surface area contributed by atoms with E-state index in [2.05, 4.69) is 21.8 Å². The summed E-state index contributed by atoms with van der Waals surface area (Å²) >= 11 is 0. The molecule has 138 valence electrons. The van der Waals surface area contributed by atoms with Crippen LogP contribution in [0.2, 0.25) is 0 Å². The summed E-state index contributed by atoms with van der Waals surface area (Å²) in [5, 5.41) is 30.2. The lowest BCUT2D eigenvalue weighted by molar-refractivity contribution is -0.0508. The van der Waals surface area contributed by atoms with Crippen LogP contribution in [0.1, 0.15) is 17.4 Å². The summed E-state index contributed by atoms with van der Waals surface area (Å²) in [6.07, 6.45) is -1.29. The number of hydrogen-bond donors (Lipinski definition) is 4. The van der Waals surface area contributed by atoms with Crippen molar-refractivity contribution in [2.75, 3.05) is 12.3 Å². The fourth-order valence-electron chi connectivity index (χ4n) is 3.17. The van der Waals surface area contributed by atoms with E-state index in [4.69, 9.17) is 10.5 Å². The van der Waals surface area contributed by atoms with E-state index in [0.29, 0.717) is 16.6 Å². The van der Waals surface area contributed by atoms with E-state index in [-0.39, 0.29) is 5.82 Å². The summed E-state index contributed by atoms with van der Waals surface area (Å²) in [7, 11) is 0.